The van der Waals surface area contributed by atoms with Crippen LogP contribution in [0.5, 0.6) is 0 Å². The number of rotatable bonds is 10. The lowest BCUT2D eigenvalue weighted by molar-refractivity contribution is 1.50. The van der Waals surface area contributed by atoms with Gasteiger partial charge in [-0.25, -0.2) is 0 Å². The van der Waals surface area contributed by atoms with Gasteiger partial charge in [0.15, 0.2) is 16.1 Å². The Balaban J connectivity index is 1.48. The van der Waals surface area contributed by atoms with Crippen LogP contribution in [-0.4, -0.2) is 16.1 Å². The molecule has 0 unspecified atom stereocenters. The van der Waals surface area contributed by atoms with Gasteiger partial charge in [-0.2, -0.15) is 0 Å². The van der Waals surface area contributed by atoms with E-state index in [0.29, 0.717) is 37.4 Å². The van der Waals surface area contributed by atoms with Crippen LogP contribution in [0, 0.1) is 6.92 Å². The summed E-state index contributed by atoms with van der Waals surface area (Å²) >= 11 is 0. The Morgan fingerprint density at radius 3 is 0.947 bits per heavy atom. The molecule has 0 amide bonds. The van der Waals surface area contributed by atoms with Crippen molar-refractivity contribution < 1.29 is 17.8 Å². The van der Waals surface area contributed by atoms with Gasteiger partial charge in [0.2, 0.25) is 0 Å². The number of hydrogen-bond acceptors (Lipinski definition) is 0. The average molecular weight is 774 g/mol. The van der Waals surface area contributed by atoms with E-state index in [1.54, 1.807) is 31.2 Å². The van der Waals surface area contributed by atoms with Crippen molar-refractivity contribution in [3.05, 3.63) is 254 Å². The van der Waals surface area contributed by atoms with Crippen LogP contribution in [0.2, 0.25) is 0 Å². The molecule has 0 saturated carbocycles. The summed E-state index contributed by atoms with van der Waals surface area (Å²) in [5.74, 6) is 0. The van der Waals surface area contributed by atoms with Crippen molar-refractivity contribution in [2.75, 3.05) is 0 Å². The second kappa shape index (κ2) is 15.9. The van der Waals surface area contributed by atoms with Gasteiger partial charge in [-0.05, 0) is 70.7 Å². The maximum Gasteiger partial charge on any atom is 0.179 e. The molecule has 0 atom stereocenters. The Labute approximate surface area is 357 Å². The van der Waals surface area contributed by atoms with Crippen LogP contribution in [-0.2, 0) is 0 Å². The molecular formula is C55H44Si2. The first-order chi connectivity index (χ1) is 33.6. The lowest BCUT2D eigenvalue weighted by Crippen LogP contribution is -2.78. The molecule has 2 heteroatoms. The number of hydrogen-bond donors (Lipinski definition) is 0. The quantitative estimate of drug-likeness (QED) is 0.0975. The van der Waals surface area contributed by atoms with Crippen molar-refractivity contribution in [1.29, 1.82) is 0 Å². The molecule has 0 radical (unpaired) electrons. The molecule has 0 fully saturated rings. The fraction of sp³-hybridized carbons (Fsp3) is 0.0182. The summed E-state index contributed by atoms with van der Waals surface area (Å²) in [5.41, 5.74) is 1.10. The predicted octanol–water partition coefficient (Wildman–Crippen LogP) is 8.08. The summed E-state index contributed by atoms with van der Waals surface area (Å²) < 4.78 is 119. The van der Waals surface area contributed by atoms with Crippen molar-refractivity contribution >= 4 is 57.6 Å². The third kappa shape index (κ3) is 6.63. The van der Waals surface area contributed by atoms with Crippen LogP contribution in [0.1, 0.15) is 23.4 Å². The highest BCUT2D eigenvalue weighted by atomic mass is 28.3. The maximum atomic E-state index is 11.0. The molecule has 272 valence electrons. The van der Waals surface area contributed by atoms with E-state index >= 15 is 0 Å². The van der Waals surface area contributed by atoms with E-state index in [-0.39, 0.29) is 53.4 Å². The van der Waals surface area contributed by atoms with E-state index in [2.05, 4.69) is 0 Å². The van der Waals surface area contributed by atoms with Crippen molar-refractivity contribution in [2.45, 2.75) is 6.92 Å². The average Bonchev–Trinajstić information content (AvgIpc) is 3.39. The summed E-state index contributed by atoms with van der Waals surface area (Å²) in [5, 5.41) is 5.34. The minimum atomic E-state index is -3.99. The molecule has 0 N–H and O–H groups in total. The molecule has 0 aliphatic carbocycles. The monoisotopic (exact) mass is 773 g/mol. The molecule has 9 aromatic rings. The minimum Gasteiger partial charge on any atom is -0.0623 e. The van der Waals surface area contributed by atoms with Gasteiger partial charge in [0.05, 0.1) is 17.8 Å². The first-order valence-corrected chi connectivity index (χ1v) is 22.8. The fourth-order valence-electron chi connectivity index (χ4n) is 8.19. The molecule has 0 saturated heterocycles. The molecule has 0 nitrogen and oxygen atoms in total. The zero-order valence-corrected chi connectivity index (χ0v) is 33.2. The third-order valence-corrected chi connectivity index (χ3v) is 19.8. The van der Waals surface area contributed by atoms with E-state index in [9.17, 15) is 4.11 Å². The van der Waals surface area contributed by atoms with Crippen molar-refractivity contribution in [1.82, 2.24) is 0 Å². The van der Waals surface area contributed by atoms with E-state index in [0.717, 1.165) is 20.7 Å². The lowest BCUT2D eigenvalue weighted by Gasteiger charge is -2.38. The normalized spacial score (nSPS) is 14.8. The first kappa shape index (κ1) is 24.1. The van der Waals surface area contributed by atoms with E-state index in [4.69, 9.17) is 13.7 Å². The third-order valence-electron chi connectivity index (χ3n) is 10.6. The molecule has 0 aliphatic rings. The van der Waals surface area contributed by atoms with Gasteiger partial charge in [0, 0.05) is 0 Å². The maximum absolute atomic E-state index is 11.0. The van der Waals surface area contributed by atoms with Crippen molar-refractivity contribution in [2.24, 2.45) is 0 Å². The van der Waals surface area contributed by atoms with Gasteiger partial charge >= 0.3 is 0 Å². The summed E-state index contributed by atoms with van der Waals surface area (Å²) in [6, 6.07) is 49.0. The lowest BCUT2D eigenvalue weighted by atomic mass is 10.1. The molecular weight excluding hydrogens is 717 g/mol. The van der Waals surface area contributed by atoms with Gasteiger partial charge in [-0.3, -0.25) is 0 Å². The summed E-state index contributed by atoms with van der Waals surface area (Å²) in [6.07, 6.45) is 0. The topological polar surface area (TPSA) is 0 Å². The zero-order valence-electron chi connectivity index (χ0n) is 44.2. The van der Waals surface area contributed by atoms with Gasteiger partial charge in [-0.1, -0.05) is 254 Å². The molecule has 9 rings (SSSR count). The predicted molar refractivity (Wildman–Crippen MR) is 249 cm³/mol. The van der Waals surface area contributed by atoms with Crippen LogP contribution in [0.4, 0.5) is 0 Å². The van der Waals surface area contributed by atoms with Gasteiger partial charge in [-0.15, -0.1) is 0 Å². The largest absolute Gasteiger partial charge is 0.179 e. The molecule has 0 aliphatic heterocycles. The molecule has 0 bridgehead atoms. The summed E-state index contributed by atoms with van der Waals surface area (Å²) in [7, 11) is -7.98. The van der Waals surface area contributed by atoms with Crippen molar-refractivity contribution in [3.8, 4) is 22.3 Å². The van der Waals surface area contributed by atoms with Crippen LogP contribution in [0.3, 0.4) is 0 Å². The van der Waals surface area contributed by atoms with Crippen molar-refractivity contribution in [3.63, 3.8) is 0 Å². The Hall–Kier alpha value is -6.59. The fourth-order valence-corrected chi connectivity index (χ4v) is 17.6. The Kier molecular flexibility index (Phi) is 6.72. The Bertz CT molecular complexity index is 3120. The van der Waals surface area contributed by atoms with Crippen LogP contribution >= 0.6 is 0 Å². The molecule has 0 aromatic heterocycles. The Morgan fingerprint density at radius 1 is 0.298 bits per heavy atom. The first-order valence-electron chi connectivity index (χ1n) is 25.3. The van der Waals surface area contributed by atoms with E-state index in [1.807, 2.05) is 146 Å². The smallest absolute Gasteiger partial charge is 0.0623 e. The van der Waals surface area contributed by atoms with Gasteiger partial charge < -0.3 is 0 Å². The molecule has 0 spiro atoms. The van der Waals surface area contributed by atoms with Gasteiger partial charge in [0.1, 0.15) is 0 Å². The second-order valence-electron chi connectivity index (χ2n) is 13.9. The van der Waals surface area contributed by atoms with Crippen LogP contribution < -0.4 is 41.5 Å². The summed E-state index contributed by atoms with van der Waals surface area (Å²) in [6.45, 7) is 1.74. The Morgan fingerprint density at radius 2 is 0.614 bits per heavy atom. The molecule has 0 heterocycles. The highest BCUT2D eigenvalue weighted by Gasteiger charge is 2.46. The zero-order chi connectivity index (χ0) is 49.8. The minimum absolute atomic E-state index is 0.00300. The van der Waals surface area contributed by atoms with Crippen LogP contribution in [0.15, 0.2) is 248 Å². The van der Waals surface area contributed by atoms with Crippen LogP contribution in [0.25, 0.3) is 22.3 Å². The highest BCUT2D eigenvalue weighted by molar-refractivity contribution is 7.22. The van der Waals surface area contributed by atoms with E-state index < -0.39 is 52.4 Å². The van der Waals surface area contributed by atoms with Gasteiger partial charge in [0.25, 0.3) is 0 Å². The molecule has 57 heavy (non-hydrogen) atoms. The second-order valence-corrected chi connectivity index (χ2v) is 21.3. The molecule has 9 aromatic carbocycles. The summed E-state index contributed by atoms with van der Waals surface area (Å²) in [4.78, 5) is 0. The standard InChI is InChI=1S/C55H44Si2/c1-43-38-54(56(48-28-12-4-13-29-48,49-30-14-5-15-31-49)52-36-20-26-46(40-52)44-22-8-2-9-23-44)42-55(39-43)57(50-32-16-6-17-33-50,51-34-18-7-19-35-51)53-37-21-27-47(41-53)45-24-10-3-11-25-45/h2-42H,1H3/i2D,3D,8D,9D,10D,11D,22D,23D,24D,25D,38D,39D,42D. The highest BCUT2D eigenvalue weighted by Crippen LogP contribution is 2.22. The number of benzene rings is 9. The van der Waals surface area contributed by atoms with E-state index in [1.165, 1.54) is 0 Å². The SMILES string of the molecule is [2H]c1c([2H])c([2H])c(-c2cccc([Si](c3ccccc3)(c3ccccc3)c3c([2H])c(C)c([2H])c([Si](c4ccccc4)(c4ccccc4)c4cccc(-c5c([2H])c([2H])c([2H])c([2H])c5[2H])c4)c3[2H])c2)c([2H])c1[2H].